The zero-order valence-corrected chi connectivity index (χ0v) is 8.95. The Balaban J connectivity index is 2.55. The third kappa shape index (κ3) is 1.48. The summed E-state index contributed by atoms with van der Waals surface area (Å²) in [6.45, 7) is 0. The van der Waals surface area contributed by atoms with Crippen LogP contribution in [0.1, 0.15) is 0 Å². The third-order valence-electron chi connectivity index (χ3n) is 2.09. The van der Waals surface area contributed by atoms with Gasteiger partial charge in [-0.05, 0) is 12.1 Å². The topological polar surface area (TPSA) is 20.3 Å². The van der Waals surface area contributed by atoms with Crippen LogP contribution in [-0.2, 0) is 4.79 Å². The predicted octanol–water partition coefficient (Wildman–Crippen LogP) is 2.55. The standard InChI is InChI=1S/C9H7ClFNOS/c1-12-7-2-5(10)6(11)3-8(7)14-4-9(12)13/h2-3H,4H2,1H3. The lowest BCUT2D eigenvalue weighted by molar-refractivity contribution is -0.116. The van der Waals surface area contributed by atoms with Crippen LogP contribution in [0.25, 0.3) is 0 Å². The molecule has 2 nitrogen and oxygen atoms in total. The highest BCUT2D eigenvalue weighted by atomic mass is 35.5. The highest BCUT2D eigenvalue weighted by Gasteiger charge is 2.22. The number of nitrogens with zero attached hydrogens (tertiary/aromatic N) is 1. The molecule has 1 aromatic carbocycles. The molecule has 0 saturated heterocycles. The van der Waals surface area contributed by atoms with E-state index >= 15 is 0 Å². The maximum Gasteiger partial charge on any atom is 0.237 e. The first-order chi connectivity index (χ1) is 6.59. The van der Waals surface area contributed by atoms with Crippen LogP contribution in [0.2, 0.25) is 5.02 Å². The zero-order valence-electron chi connectivity index (χ0n) is 7.38. The number of hydrogen-bond donors (Lipinski definition) is 0. The summed E-state index contributed by atoms with van der Waals surface area (Å²) in [7, 11) is 1.66. The molecule has 0 spiro atoms. The Labute approximate surface area is 90.0 Å². The van der Waals surface area contributed by atoms with Gasteiger partial charge in [0.2, 0.25) is 5.91 Å². The van der Waals surface area contributed by atoms with Crippen molar-refractivity contribution >= 4 is 35.0 Å². The van der Waals surface area contributed by atoms with E-state index in [2.05, 4.69) is 0 Å². The van der Waals surface area contributed by atoms with Gasteiger partial charge in [0, 0.05) is 11.9 Å². The van der Waals surface area contributed by atoms with E-state index in [0.29, 0.717) is 11.4 Å². The molecule has 5 heteroatoms. The largest absolute Gasteiger partial charge is 0.314 e. The van der Waals surface area contributed by atoms with Gasteiger partial charge in [0.1, 0.15) is 5.82 Å². The summed E-state index contributed by atoms with van der Waals surface area (Å²) in [4.78, 5) is 13.6. The predicted molar refractivity (Wildman–Crippen MR) is 55.5 cm³/mol. The van der Waals surface area contributed by atoms with Crippen LogP contribution in [0, 0.1) is 5.82 Å². The second kappa shape index (κ2) is 3.44. The molecule has 1 heterocycles. The van der Waals surface area contributed by atoms with Gasteiger partial charge in [-0.2, -0.15) is 0 Å². The second-order valence-corrected chi connectivity index (χ2v) is 4.40. The molecular formula is C9H7ClFNOS. The molecule has 1 aromatic rings. The summed E-state index contributed by atoms with van der Waals surface area (Å²) in [5, 5.41) is 0.0471. The summed E-state index contributed by atoms with van der Waals surface area (Å²) < 4.78 is 13.1. The van der Waals surface area contributed by atoms with Crippen LogP contribution < -0.4 is 4.90 Å². The number of carbonyl (C=O) groups is 1. The lowest BCUT2D eigenvalue weighted by Gasteiger charge is -2.25. The molecule has 0 N–H and O–H groups in total. The average molecular weight is 232 g/mol. The second-order valence-electron chi connectivity index (χ2n) is 2.98. The molecule has 0 bridgehead atoms. The van der Waals surface area contributed by atoms with Crippen molar-refractivity contribution in [2.45, 2.75) is 4.90 Å². The minimum atomic E-state index is -0.444. The van der Waals surface area contributed by atoms with Crippen LogP contribution >= 0.6 is 23.4 Å². The van der Waals surface area contributed by atoms with E-state index in [1.165, 1.54) is 28.8 Å². The average Bonchev–Trinajstić information content (AvgIpc) is 2.15. The van der Waals surface area contributed by atoms with Crippen molar-refractivity contribution in [2.75, 3.05) is 17.7 Å². The van der Waals surface area contributed by atoms with E-state index in [1.807, 2.05) is 0 Å². The summed E-state index contributed by atoms with van der Waals surface area (Å²) in [5.41, 5.74) is 0.678. The fourth-order valence-electron chi connectivity index (χ4n) is 1.27. The highest BCUT2D eigenvalue weighted by Crippen LogP contribution is 2.37. The molecule has 74 valence electrons. The van der Waals surface area contributed by atoms with Gasteiger partial charge in [0.15, 0.2) is 0 Å². The number of anilines is 1. The third-order valence-corrected chi connectivity index (χ3v) is 3.41. The Hall–Kier alpha value is -0.740. The first-order valence-corrected chi connectivity index (χ1v) is 5.34. The Kier molecular flexibility index (Phi) is 2.41. The van der Waals surface area contributed by atoms with E-state index in [4.69, 9.17) is 11.6 Å². The lowest BCUT2D eigenvalue weighted by Crippen LogP contribution is -2.31. The van der Waals surface area contributed by atoms with E-state index in [9.17, 15) is 9.18 Å². The van der Waals surface area contributed by atoms with E-state index in [-0.39, 0.29) is 10.9 Å². The van der Waals surface area contributed by atoms with Crippen LogP contribution in [0.15, 0.2) is 17.0 Å². The van der Waals surface area contributed by atoms with Crippen molar-refractivity contribution in [2.24, 2.45) is 0 Å². The molecule has 1 aliphatic rings. The normalized spacial score (nSPS) is 15.6. The van der Waals surface area contributed by atoms with Crippen LogP contribution in [-0.4, -0.2) is 18.7 Å². The molecule has 0 aromatic heterocycles. The van der Waals surface area contributed by atoms with Gasteiger partial charge >= 0.3 is 0 Å². The molecular weight excluding hydrogens is 225 g/mol. The fourth-order valence-corrected chi connectivity index (χ4v) is 2.43. The van der Waals surface area contributed by atoms with Crippen LogP contribution in [0.5, 0.6) is 0 Å². The number of benzene rings is 1. The van der Waals surface area contributed by atoms with E-state index in [1.54, 1.807) is 7.05 Å². The SMILES string of the molecule is CN1C(=O)CSc2cc(F)c(Cl)cc21. The summed E-state index contributed by atoms with van der Waals surface area (Å²) in [6.07, 6.45) is 0. The number of carbonyl (C=O) groups excluding carboxylic acids is 1. The van der Waals surface area contributed by atoms with Crippen molar-refractivity contribution in [3.8, 4) is 0 Å². The molecule has 2 rings (SSSR count). The van der Waals surface area contributed by atoms with Gasteiger partial charge in [-0.25, -0.2) is 4.39 Å². The minimum absolute atomic E-state index is 0.00479. The maximum atomic E-state index is 13.1. The number of amides is 1. The molecule has 1 aliphatic heterocycles. The smallest absolute Gasteiger partial charge is 0.237 e. The van der Waals surface area contributed by atoms with Crippen molar-refractivity contribution < 1.29 is 9.18 Å². The van der Waals surface area contributed by atoms with Crippen LogP contribution in [0.4, 0.5) is 10.1 Å². The Morgan fingerprint density at radius 1 is 1.57 bits per heavy atom. The Bertz CT molecular complexity index is 410. The van der Waals surface area contributed by atoms with Gasteiger partial charge in [0.05, 0.1) is 16.5 Å². The monoisotopic (exact) mass is 231 g/mol. The summed E-state index contributed by atoms with van der Waals surface area (Å²) in [6, 6.07) is 2.85. The number of halogens is 2. The van der Waals surface area contributed by atoms with Gasteiger partial charge in [0.25, 0.3) is 0 Å². The van der Waals surface area contributed by atoms with Gasteiger partial charge in [-0.3, -0.25) is 4.79 Å². The number of thioether (sulfide) groups is 1. The van der Waals surface area contributed by atoms with Crippen molar-refractivity contribution in [1.82, 2.24) is 0 Å². The van der Waals surface area contributed by atoms with E-state index < -0.39 is 5.82 Å². The highest BCUT2D eigenvalue weighted by molar-refractivity contribution is 8.00. The minimum Gasteiger partial charge on any atom is -0.314 e. The van der Waals surface area contributed by atoms with Gasteiger partial charge in [-0.15, -0.1) is 11.8 Å². The van der Waals surface area contributed by atoms with Crippen molar-refractivity contribution in [3.63, 3.8) is 0 Å². The Morgan fingerprint density at radius 3 is 3.00 bits per heavy atom. The van der Waals surface area contributed by atoms with Gasteiger partial charge in [-0.1, -0.05) is 11.6 Å². The quantitative estimate of drug-likeness (QED) is 0.684. The van der Waals surface area contributed by atoms with Gasteiger partial charge < -0.3 is 4.90 Å². The first kappa shape index (κ1) is 9.80. The summed E-state index contributed by atoms with van der Waals surface area (Å²) in [5.74, 6) is -0.0873. The number of rotatable bonds is 0. The molecule has 0 radical (unpaired) electrons. The molecule has 14 heavy (non-hydrogen) atoms. The fraction of sp³-hybridized carbons (Fsp3) is 0.222. The van der Waals surface area contributed by atoms with Crippen molar-refractivity contribution in [3.05, 3.63) is 23.0 Å². The molecule has 0 atom stereocenters. The first-order valence-electron chi connectivity index (χ1n) is 3.98. The number of fused-ring (bicyclic) bond motifs is 1. The number of hydrogen-bond acceptors (Lipinski definition) is 2. The molecule has 0 aliphatic carbocycles. The maximum absolute atomic E-state index is 13.1. The molecule has 0 fully saturated rings. The molecule has 0 saturated carbocycles. The lowest BCUT2D eigenvalue weighted by atomic mass is 10.3. The molecule has 0 unspecified atom stereocenters. The van der Waals surface area contributed by atoms with Crippen LogP contribution in [0.3, 0.4) is 0 Å². The molecule has 1 amide bonds. The summed E-state index contributed by atoms with van der Waals surface area (Å²) >= 11 is 6.97. The zero-order chi connectivity index (χ0) is 10.3. The van der Waals surface area contributed by atoms with E-state index in [0.717, 1.165) is 4.90 Å². The van der Waals surface area contributed by atoms with Crippen molar-refractivity contribution in [1.29, 1.82) is 0 Å². The Morgan fingerprint density at radius 2 is 2.29 bits per heavy atom.